The van der Waals surface area contributed by atoms with Crippen LogP contribution < -0.4 is 26.9 Å². The summed E-state index contributed by atoms with van der Waals surface area (Å²) in [7, 11) is 0. The number of rotatable bonds is 4. The van der Waals surface area contributed by atoms with E-state index >= 15 is 0 Å². The Morgan fingerprint density at radius 1 is 1.14 bits per heavy atom. The van der Waals surface area contributed by atoms with Gasteiger partial charge in [-0.1, -0.05) is 0 Å². The van der Waals surface area contributed by atoms with Crippen molar-refractivity contribution in [1.29, 1.82) is 0 Å². The monoisotopic (exact) mass is 356 g/mol. The second-order valence-electron chi connectivity index (χ2n) is 4.54. The summed E-state index contributed by atoms with van der Waals surface area (Å²) < 4.78 is 27.6. The van der Waals surface area contributed by atoms with Gasteiger partial charge in [0.25, 0.3) is 0 Å². The van der Waals surface area contributed by atoms with Crippen molar-refractivity contribution in [2.24, 2.45) is 0 Å². The molecule has 0 atom stereocenters. The van der Waals surface area contributed by atoms with Crippen LogP contribution in [0.3, 0.4) is 0 Å². The van der Waals surface area contributed by atoms with E-state index in [1.54, 1.807) is 0 Å². The lowest BCUT2D eigenvalue weighted by atomic mass is 10.2. The molecule has 0 saturated carbocycles. The minimum absolute atomic E-state index is 0. The van der Waals surface area contributed by atoms with Gasteiger partial charge >= 0.3 is 0 Å². The highest BCUT2D eigenvalue weighted by Gasteiger charge is 2.08. The van der Waals surface area contributed by atoms with Gasteiger partial charge in [0, 0.05) is 23.9 Å². The van der Waals surface area contributed by atoms with E-state index in [1.807, 2.05) is 36.0 Å². The average Bonchev–Trinajstić information content (AvgIpc) is 2.42. The fourth-order valence-corrected chi connectivity index (χ4v) is 1.71. The van der Waals surface area contributed by atoms with Crippen molar-refractivity contribution in [3.8, 4) is 0 Å². The van der Waals surface area contributed by atoms with Gasteiger partial charge in [-0.2, -0.15) is 0 Å². The van der Waals surface area contributed by atoms with Crippen LogP contribution in [0.25, 0.3) is 0 Å². The number of carbonyl (C=O) groups excluding carboxylic acids is 1. The zero-order chi connectivity index (χ0) is 14.5. The molecule has 0 aliphatic carbocycles. The van der Waals surface area contributed by atoms with E-state index in [0.29, 0.717) is 6.54 Å². The standard InChI is InChI=1S/C15H14F2N2O.BrH/c1-11-4-7-19(8-5-11)9-6-15(20)18-12-2-3-13(16)14(17)10-12;/h2-5,7-8,10H,6,9H2,1H3;1H. The minimum Gasteiger partial charge on any atom is -1.00 e. The van der Waals surface area contributed by atoms with E-state index in [4.69, 9.17) is 0 Å². The number of hydrogen-bond acceptors (Lipinski definition) is 1. The summed E-state index contributed by atoms with van der Waals surface area (Å²) in [5.74, 6) is -2.15. The lowest BCUT2D eigenvalue weighted by Crippen LogP contribution is -3.00. The molecule has 1 heterocycles. The van der Waals surface area contributed by atoms with Crippen molar-refractivity contribution in [2.75, 3.05) is 5.32 Å². The van der Waals surface area contributed by atoms with Crippen molar-refractivity contribution < 1.29 is 35.1 Å². The number of benzene rings is 1. The molecule has 0 fully saturated rings. The number of nitrogens with zero attached hydrogens (tertiary/aromatic N) is 1. The van der Waals surface area contributed by atoms with Crippen LogP contribution >= 0.6 is 0 Å². The molecule has 112 valence electrons. The van der Waals surface area contributed by atoms with Crippen LogP contribution in [0.1, 0.15) is 12.0 Å². The van der Waals surface area contributed by atoms with E-state index in [-0.39, 0.29) is 35.0 Å². The maximum Gasteiger partial charge on any atom is 0.230 e. The molecule has 0 unspecified atom stereocenters. The van der Waals surface area contributed by atoms with Crippen LogP contribution in [0.4, 0.5) is 14.5 Å². The molecule has 0 aliphatic rings. The fraction of sp³-hybridized carbons (Fsp3) is 0.200. The van der Waals surface area contributed by atoms with Crippen LogP contribution in [-0.4, -0.2) is 5.91 Å². The van der Waals surface area contributed by atoms with Gasteiger partial charge in [-0.05, 0) is 24.6 Å². The Morgan fingerprint density at radius 2 is 1.81 bits per heavy atom. The van der Waals surface area contributed by atoms with E-state index in [2.05, 4.69) is 5.32 Å². The lowest BCUT2D eigenvalue weighted by Gasteiger charge is -2.04. The number of halogens is 3. The molecule has 2 rings (SSSR count). The van der Waals surface area contributed by atoms with E-state index in [9.17, 15) is 13.6 Å². The van der Waals surface area contributed by atoms with E-state index < -0.39 is 11.6 Å². The van der Waals surface area contributed by atoms with Gasteiger partial charge in [0.05, 0.1) is 6.42 Å². The normalized spacial score (nSPS) is 9.86. The summed E-state index contributed by atoms with van der Waals surface area (Å²) in [5.41, 5.74) is 1.40. The van der Waals surface area contributed by atoms with Crippen molar-refractivity contribution in [3.63, 3.8) is 0 Å². The molecule has 0 spiro atoms. The number of carbonyl (C=O) groups is 1. The largest absolute Gasteiger partial charge is 1.00 e. The van der Waals surface area contributed by atoms with Crippen LogP contribution in [0.2, 0.25) is 0 Å². The quantitative estimate of drug-likeness (QED) is 0.742. The molecule has 6 heteroatoms. The van der Waals surface area contributed by atoms with Gasteiger partial charge < -0.3 is 22.3 Å². The molecule has 1 amide bonds. The van der Waals surface area contributed by atoms with Gasteiger partial charge in [-0.15, -0.1) is 0 Å². The van der Waals surface area contributed by atoms with Crippen LogP contribution in [0, 0.1) is 18.6 Å². The molecule has 21 heavy (non-hydrogen) atoms. The highest BCUT2D eigenvalue weighted by molar-refractivity contribution is 5.90. The third-order valence-corrected chi connectivity index (χ3v) is 2.86. The summed E-state index contributed by atoms with van der Waals surface area (Å²) in [5, 5.41) is 2.53. The maximum atomic E-state index is 13.0. The van der Waals surface area contributed by atoms with E-state index in [1.165, 1.54) is 6.07 Å². The number of aromatic nitrogens is 1. The second kappa shape index (κ2) is 7.83. The highest BCUT2D eigenvalue weighted by Crippen LogP contribution is 2.13. The van der Waals surface area contributed by atoms with Crippen molar-refractivity contribution >= 4 is 11.6 Å². The number of nitrogens with one attached hydrogen (secondary N) is 1. The van der Waals surface area contributed by atoms with Crippen LogP contribution in [-0.2, 0) is 11.3 Å². The smallest absolute Gasteiger partial charge is 0.230 e. The molecule has 0 aliphatic heterocycles. The molecule has 0 bridgehead atoms. The third-order valence-electron chi connectivity index (χ3n) is 2.86. The third kappa shape index (κ3) is 5.23. The molecular weight excluding hydrogens is 342 g/mol. The molecule has 2 aromatic rings. The van der Waals surface area contributed by atoms with Gasteiger partial charge in [-0.3, -0.25) is 4.79 Å². The minimum atomic E-state index is -0.976. The summed E-state index contributed by atoms with van der Waals surface area (Å²) in [6, 6.07) is 7.18. The summed E-state index contributed by atoms with van der Waals surface area (Å²) in [6.07, 6.45) is 4.03. The van der Waals surface area contributed by atoms with Gasteiger partial charge in [0.2, 0.25) is 5.91 Å². The summed E-state index contributed by atoms with van der Waals surface area (Å²) in [6.45, 7) is 2.51. The van der Waals surface area contributed by atoms with Crippen molar-refractivity contribution in [3.05, 3.63) is 59.9 Å². The maximum absolute atomic E-state index is 13.0. The first-order valence-corrected chi connectivity index (χ1v) is 6.25. The second-order valence-corrected chi connectivity index (χ2v) is 4.54. The van der Waals surface area contributed by atoms with Crippen LogP contribution in [0.5, 0.6) is 0 Å². The fourth-order valence-electron chi connectivity index (χ4n) is 1.71. The molecule has 0 radical (unpaired) electrons. The summed E-state index contributed by atoms with van der Waals surface area (Å²) in [4.78, 5) is 11.7. The Hall–Kier alpha value is -1.82. The predicted octanol–water partition coefficient (Wildman–Crippen LogP) is -0.406. The summed E-state index contributed by atoms with van der Waals surface area (Å²) >= 11 is 0. The number of anilines is 1. The number of hydrogen-bond donors (Lipinski definition) is 1. The first-order chi connectivity index (χ1) is 9.54. The Kier molecular flexibility index (Phi) is 6.42. The first-order valence-electron chi connectivity index (χ1n) is 6.25. The molecule has 1 aromatic carbocycles. The highest BCUT2D eigenvalue weighted by atomic mass is 79.9. The molecular formula is C15H15BrF2N2O. The Bertz CT molecular complexity index is 618. The molecule has 3 nitrogen and oxygen atoms in total. The average molecular weight is 357 g/mol. The van der Waals surface area contributed by atoms with Gasteiger partial charge in [0.15, 0.2) is 30.6 Å². The van der Waals surface area contributed by atoms with Gasteiger partial charge in [-0.25, -0.2) is 13.3 Å². The predicted molar refractivity (Wildman–Crippen MR) is 71.0 cm³/mol. The van der Waals surface area contributed by atoms with E-state index in [0.717, 1.165) is 17.7 Å². The first kappa shape index (κ1) is 17.2. The SMILES string of the molecule is Cc1cc[n+](CCC(=O)Nc2ccc(F)c(F)c2)cc1.[Br-]. The Balaban J connectivity index is 0.00000220. The Labute approximate surface area is 132 Å². The van der Waals surface area contributed by atoms with Crippen molar-refractivity contribution in [1.82, 2.24) is 0 Å². The number of aryl methyl sites for hydroxylation is 2. The zero-order valence-electron chi connectivity index (χ0n) is 11.4. The molecule has 0 saturated heterocycles. The number of pyridine rings is 1. The number of amides is 1. The topological polar surface area (TPSA) is 33.0 Å². The van der Waals surface area contributed by atoms with Crippen LogP contribution in [0.15, 0.2) is 42.7 Å². The molecule has 1 N–H and O–H groups in total. The lowest BCUT2D eigenvalue weighted by molar-refractivity contribution is -0.695. The van der Waals surface area contributed by atoms with Gasteiger partial charge in [0.1, 0.15) is 0 Å². The van der Waals surface area contributed by atoms with Crippen molar-refractivity contribution in [2.45, 2.75) is 19.9 Å². The molecule has 1 aromatic heterocycles. The Morgan fingerprint density at radius 3 is 2.43 bits per heavy atom. The zero-order valence-corrected chi connectivity index (χ0v) is 13.0.